The predicted molar refractivity (Wildman–Crippen MR) is 163 cm³/mol. The third kappa shape index (κ3) is 5.05. The number of fused-ring (bicyclic) bond motifs is 5. The van der Waals surface area contributed by atoms with Crippen LogP contribution in [-0.2, 0) is 11.3 Å². The van der Waals surface area contributed by atoms with E-state index in [1.807, 2.05) is 30.4 Å². The van der Waals surface area contributed by atoms with Crippen LogP contribution in [0, 0.1) is 0 Å². The number of nitrogens with zero attached hydrogens (tertiary/aromatic N) is 8. The summed E-state index contributed by atoms with van der Waals surface area (Å²) in [6.07, 6.45) is 8.74. The molecule has 1 aromatic carbocycles. The standard InChI is InChI=1S/C30H33N9O4/c1-35-9-11-36(12-10-35)21-13-20(14-23(15-21)42-2)33-30-32-18-24-27(34-30)39-22-16-25-28(31-17-22)43-19-26(40)37(25)7-5-3-4-6-8-38(39)29(24)41/h4,6,13-18H,3,5,7-12,19H2,1-2H3,(H,32,33,34). The minimum absolute atomic E-state index is 0.0462. The number of hydrogen-bond acceptors (Lipinski definition) is 10. The van der Waals surface area contributed by atoms with Crippen molar-refractivity contribution in [3.8, 4) is 17.3 Å². The van der Waals surface area contributed by atoms with Gasteiger partial charge in [0.1, 0.15) is 16.8 Å². The zero-order valence-electron chi connectivity index (χ0n) is 24.2. The fraction of sp³-hybridized carbons (Fsp3) is 0.367. The first kappa shape index (κ1) is 27.0. The van der Waals surface area contributed by atoms with E-state index in [0.717, 1.165) is 56.1 Å². The van der Waals surface area contributed by atoms with E-state index in [-0.39, 0.29) is 18.1 Å². The van der Waals surface area contributed by atoms with Crippen molar-refractivity contribution >= 4 is 40.0 Å². The Morgan fingerprint density at radius 1 is 0.953 bits per heavy atom. The van der Waals surface area contributed by atoms with Crippen LogP contribution < -0.4 is 30.1 Å². The second-order valence-corrected chi connectivity index (χ2v) is 10.9. The highest BCUT2D eigenvalue weighted by molar-refractivity contribution is 5.97. The lowest BCUT2D eigenvalue weighted by Crippen LogP contribution is -2.44. The summed E-state index contributed by atoms with van der Waals surface area (Å²) in [6.45, 7) is 4.66. The highest BCUT2D eigenvalue weighted by Crippen LogP contribution is 2.33. The van der Waals surface area contributed by atoms with E-state index in [9.17, 15) is 9.59 Å². The molecule has 43 heavy (non-hydrogen) atoms. The van der Waals surface area contributed by atoms with Gasteiger partial charge in [0, 0.05) is 62.4 Å². The number of rotatable bonds is 4. The van der Waals surface area contributed by atoms with Gasteiger partial charge in [0.15, 0.2) is 12.3 Å². The molecule has 0 atom stereocenters. The molecule has 0 spiro atoms. The highest BCUT2D eigenvalue weighted by Gasteiger charge is 2.28. The van der Waals surface area contributed by atoms with Gasteiger partial charge in [-0.2, -0.15) is 4.98 Å². The van der Waals surface area contributed by atoms with Crippen LogP contribution in [0.4, 0.5) is 23.0 Å². The molecule has 3 aromatic heterocycles. The number of piperazine rings is 1. The van der Waals surface area contributed by atoms with Crippen molar-refractivity contribution in [2.75, 3.05) is 68.6 Å². The topological polar surface area (TPSA) is 123 Å². The van der Waals surface area contributed by atoms with Crippen molar-refractivity contribution < 1.29 is 14.3 Å². The number of benzene rings is 1. The van der Waals surface area contributed by atoms with E-state index in [4.69, 9.17) is 14.5 Å². The van der Waals surface area contributed by atoms with Crippen LogP contribution in [0.25, 0.3) is 16.7 Å². The number of anilines is 4. The SMILES string of the molecule is COc1cc(Nc2ncc3c(=O)n4n(c3n2)-c2cnc3c(c2)N(CCCC=CC4)C(=O)CO3)cc(N2CCN(C)CC2)c1. The summed E-state index contributed by atoms with van der Waals surface area (Å²) >= 11 is 0. The van der Waals surface area contributed by atoms with E-state index in [0.29, 0.717) is 47.3 Å². The molecule has 3 aliphatic heterocycles. The second-order valence-electron chi connectivity index (χ2n) is 10.9. The van der Waals surface area contributed by atoms with Crippen LogP contribution in [-0.4, -0.2) is 88.6 Å². The number of pyridine rings is 1. The Hall–Kier alpha value is -4.91. The molecule has 13 heteroatoms. The zero-order valence-corrected chi connectivity index (χ0v) is 24.2. The molecular formula is C30H33N9O4. The number of amides is 1. The Kier molecular flexibility index (Phi) is 6.93. The van der Waals surface area contributed by atoms with Gasteiger partial charge in [-0.1, -0.05) is 12.2 Å². The van der Waals surface area contributed by atoms with Gasteiger partial charge in [-0.05, 0) is 32.0 Å². The third-order valence-corrected chi connectivity index (χ3v) is 8.11. The van der Waals surface area contributed by atoms with Gasteiger partial charge in [-0.3, -0.25) is 9.59 Å². The molecular weight excluding hydrogens is 550 g/mol. The molecule has 222 valence electrons. The summed E-state index contributed by atoms with van der Waals surface area (Å²) < 4.78 is 14.6. The van der Waals surface area contributed by atoms with E-state index < -0.39 is 0 Å². The van der Waals surface area contributed by atoms with Gasteiger partial charge >= 0.3 is 0 Å². The summed E-state index contributed by atoms with van der Waals surface area (Å²) in [5, 5.41) is 3.70. The maximum absolute atomic E-state index is 13.6. The van der Waals surface area contributed by atoms with E-state index in [2.05, 4.69) is 38.2 Å². The molecule has 1 amide bonds. The van der Waals surface area contributed by atoms with Gasteiger partial charge in [0.25, 0.3) is 11.5 Å². The number of hydrogen-bond donors (Lipinski definition) is 1. The Bertz CT molecular complexity index is 1790. The Balaban J connectivity index is 1.31. The maximum atomic E-state index is 13.6. The molecule has 0 saturated carbocycles. The normalized spacial score (nSPS) is 17.2. The first-order valence-electron chi connectivity index (χ1n) is 14.5. The molecule has 3 aliphatic rings. The minimum Gasteiger partial charge on any atom is -0.497 e. The monoisotopic (exact) mass is 583 g/mol. The van der Waals surface area contributed by atoms with Crippen molar-refractivity contribution in [1.29, 1.82) is 0 Å². The van der Waals surface area contributed by atoms with Crippen LogP contribution in [0.2, 0.25) is 0 Å². The Morgan fingerprint density at radius 2 is 1.81 bits per heavy atom. The number of carbonyl (C=O) groups is 1. The number of aromatic nitrogens is 5. The van der Waals surface area contributed by atoms with Crippen molar-refractivity contribution in [2.45, 2.75) is 19.4 Å². The molecule has 7 rings (SSSR count). The van der Waals surface area contributed by atoms with Crippen molar-refractivity contribution in [3.63, 3.8) is 0 Å². The second kappa shape index (κ2) is 11.1. The first-order valence-corrected chi connectivity index (χ1v) is 14.5. The quantitative estimate of drug-likeness (QED) is 0.359. The summed E-state index contributed by atoms with van der Waals surface area (Å²) in [7, 11) is 3.78. The molecule has 6 heterocycles. The van der Waals surface area contributed by atoms with Crippen molar-refractivity contribution in [3.05, 3.63) is 59.2 Å². The lowest BCUT2D eigenvalue weighted by Gasteiger charge is -2.34. The maximum Gasteiger partial charge on any atom is 0.278 e. The summed E-state index contributed by atoms with van der Waals surface area (Å²) in [5.41, 5.74) is 3.20. The molecule has 0 aliphatic carbocycles. The van der Waals surface area contributed by atoms with Gasteiger partial charge in [-0.25, -0.2) is 19.3 Å². The summed E-state index contributed by atoms with van der Waals surface area (Å²) in [6, 6.07) is 7.82. The van der Waals surface area contributed by atoms with Crippen molar-refractivity contribution in [2.24, 2.45) is 0 Å². The van der Waals surface area contributed by atoms with Crippen LogP contribution in [0.1, 0.15) is 12.8 Å². The summed E-state index contributed by atoms with van der Waals surface area (Å²) in [5.74, 6) is 1.33. The van der Waals surface area contributed by atoms with Crippen LogP contribution >= 0.6 is 0 Å². The number of carbonyl (C=O) groups excluding carboxylic acids is 1. The number of methoxy groups -OCH3 is 1. The number of allylic oxidation sites excluding steroid dienone is 2. The molecule has 4 aromatic rings. The van der Waals surface area contributed by atoms with Gasteiger partial charge < -0.3 is 29.5 Å². The lowest BCUT2D eigenvalue weighted by atomic mass is 10.2. The molecule has 1 N–H and O–H groups in total. The van der Waals surface area contributed by atoms with E-state index in [1.165, 1.54) is 0 Å². The molecule has 1 fully saturated rings. The fourth-order valence-electron chi connectivity index (χ4n) is 5.76. The summed E-state index contributed by atoms with van der Waals surface area (Å²) in [4.78, 5) is 46.5. The van der Waals surface area contributed by atoms with Crippen LogP contribution in [0.15, 0.2) is 53.6 Å². The average Bonchev–Trinajstić information content (AvgIpc) is 3.29. The predicted octanol–water partition coefficient (Wildman–Crippen LogP) is 2.56. The number of nitrogens with one attached hydrogen (secondary N) is 1. The van der Waals surface area contributed by atoms with E-state index >= 15 is 0 Å². The Labute approximate surface area is 247 Å². The third-order valence-electron chi connectivity index (χ3n) is 8.11. The highest BCUT2D eigenvalue weighted by atomic mass is 16.5. The van der Waals surface area contributed by atoms with Crippen LogP contribution in [0.3, 0.4) is 0 Å². The first-order chi connectivity index (χ1) is 21.0. The van der Waals surface area contributed by atoms with Gasteiger partial charge in [-0.15, -0.1) is 0 Å². The van der Waals surface area contributed by atoms with Gasteiger partial charge in [0.05, 0.1) is 25.5 Å². The van der Waals surface area contributed by atoms with Crippen LogP contribution in [0.5, 0.6) is 11.6 Å². The molecule has 13 nitrogen and oxygen atoms in total. The lowest BCUT2D eigenvalue weighted by molar-refractivity contribution is -0.121. The van der Waals surface area contributed by atoms with Crippen molar-refractivity contribution in [1.82, 2.24) is 29.2 Å². The fourth-order valence-corrected chi connectivity index (χ4v) is 5.76. The average molecular weight is 584 g/mol. The number of ether oxygens (including phenoxy) is 2. The van der Waals surface area contributed by atoms with E-state index in [1.54, 1.807) is 33.8 Å². The molecule has 1 saturated heterocycles. The zero-order chi connectivity index (χ0) is 29.5. The minimum atomic E-state index is -0.219. The molecule has 0 radical (unpaired) electrons. The Morgan fingerprint density at radius 3 is 2.65 bits per heavy atom. The van der Waals surface area contributed by atoms with Gasteiger partial charge in [0.2, 0.25) is 11.8 Å². The smallest absolute Gasteiger partial charge is 0.278 e. The largest absolute Gasteiger partial charge is 0.497 e. The molecule has 0 unspecified atom stereocenters. The number of likely N-dealkylation sites (N-methyl/N-ethyl adjacent to an activating group) is 1. The molecule has 2 bridgehead atoms.